The Morgan fingerprint density at radius 2 is 1.26 bits per heavy atom. The molecule has 7 nitrogen and oxygen atoms in total. The van der Waals surface area contributed by atoms with Crippen LogP contribution in [-0.2, 0) is 4.57 Å². The summed E-state index contributed by atoms with van der Waals surface area (Å²) < 4.78 is 16.9. The van der Waals surface area contributed by atoms with Crippen molar-refractivity contribution in [3.05, 3.63) is 145 Å². The van der Waals surface area contributed by atoms with Gasteiger partial charge in [0.2, 0.25) is 0 Å². The zero-order valence-electron chi connectivity index (χ0n) is 28.8. The Kier molecular flexibility index (Phi) is 6.01. The van der Waals surface area contributed by atoms with Crippen LogP contribution in [0, 0.1) is 11.3 Å². The molecular weight excluding hydrogens is 672 g/mol. The zero-order valence-corrected chi connectivity index (χ0v) is 29.7. The van der Waals surface area contributed by atoms with Crippen molar-refractivity contribution in [1.29, 1.82) is 5.26 Å². The van der Waals surface area contributed by atoms with Gasteiger partial charge in [-0.15, -0.1) is 10.2 Å². The van der Waals surface area contributed by atoms with Crippen LogP contribution < -0.4 is 30.7 Å². The highest BCUT2D eigenvalue weighted by Gasteiger charge is 2.51. The fraction of sp³-hybridized carbons (Fsp3) is 0.0444. The van der Waals surface area contributed by atoms with E-state index < -0.39 is 7.14 Å². The Balaban J connectivity index is 1.32. The molecular formula is C45H29N6OP. The molecule has 0 aliphatic carbocycles. The van der Waals surface area contributed by atoms with Gasteiger partial charge in [0, 0.05) is 47.2 Å². The van der Waals surface area contributed by atoms with Gasteiger partial charge in [-0.25, -0.2) is 0 Å². The van der Waals surface area contributed by atoms with E-state index in [1.165, 1.54) is 16.2 Å². The molecule has 1 unspecified atom stereocenters. The van der Waals surface area contributed by atoms with Crippen molar-refractivity contribution < 1.29 is 4.57 Å². The van der Waals surface area contributed by atoms with E-state index in [0.717, 1.165) is 72.0 Å². The molecule has 2 aliphatic heterocycles. The quantitative estimate of drug-likeness (QED) is 0.134. The Morgan fingerprint density at radius 3 is 1.98 bits per heavy atom. The summed E-state index contributed by atoms with van der Waals surface area (Å²) in [5.74, 6) is 0. The van der Waals surface area contributed by atoms with Gasteiger partial charge in [-0.3, -0.25) is 0 Å². The van der Waals surface area contributed by atoms with Gasteiger partial charge in [0.15, 0.2) is 12.6 Å². The Hall–Kier alpha value is -6.74. The number of hydrogen-bond acceptors (Lipinski definition) is 7. The summed E-state index contributed by atoms with van der Waals surface area (Å²) in [4.78, 5) is 6.55. The van der Waals surface area contributed by atoms with Crippen LogP contribution in [0.3, 0.4) is 0 Å². The Bertz CT molecular complexity index is 3080. The Morgan fingerprint density at radius 1 is 0.623 bits per heavy atom. The third kappa shape index (κ3) is 3.91. The predicted octanol–water partition coefficient (Wildman–Crippen LogP) is 9.67. The number of nitrogens with zero attached hydrogens (tertiary/aromatic N) is 6. The summed E-state index contributed by atoms with van der Waals surface area (Å²) in [6.07, 6.45) is 0. The topological polar surface area (TPSA) is 76.4 Å². The number of fused-ring (bicyclic) bond motifs is 7. The molecule has 0 fully saturated rings. The molecule has 53 heavy (non-hydrogen) atoms. The number of aromatic nitrogens is 2. The summed E-state index contributed by atoms with van der Waals surface area (Å²) in [5.41, 5.74) is 7.92. The molecule has 2 aliphatic rings. The first-order chi connectivity index (χ1) is 26.0. The molecule has 0 saturated carbocycles. The van der Waals surface area contributed by atoms with Gasteiger partial charge in [0.25, 0.3) is 0 Å². The second-order valence-electron chi connectivity index (χ2n) is 14.0. The highest BCUT2D eigenvalue weighted by atomic mass is 31.2. The van der Waals surface area contributed by atoms with E-state index in [9.17, 15) is 5.26 Å². The molecule has 0 radical (unpaired) electrons. The highest BCUT2D eigenvalue weighted by molar-refractivity contribution is 7.86. The molecule has 3 heterocycles. The summed E-state index contributed by atoms with van der Waals surface area (Å²) in [6.45, 7) is 0. The zero-order chi connectivity index (χ0) is 35.6. The average Bonchev–Trinajstić information content (AvgIpc) is 3.20. The SMILES string of the molecule is CN(C)c1ccc(N2c3cccc4c3P(=O)(c3cc5ccc6cccc7ccc(c32)c5c67)c2nnc3ccccc3c2N4c2ccc(C#N)cc2)cc1. The Labute approximate surface area is 305 Å². The monoisotopic (exact) mass is 700 g/mol. The van der Waals surface area contributed by atoms with Gasteiger partial charge < -0.3 is 19.3 Å². The van der Waals surface area contributed by atoms with Gasteiger partial charge in [-0.2, -0.15) is 5.26 Å². The molecule has 0 saturated heterocycles. The lowest BCUT2D eigenvalue weighted by molar-refractivity contribution is 0.591. The van der Waals surface area contributed by atoms with Crippen molar-refractivity contribution in [2.75, 3.05) is 28.8 Å². The predicted molar refractivity (Wildman–Crippen MR) is 218 cm³/mol. The lowest BCUT2D eigenvalue weighted by Gasteiger charge is -2.44. The van der Waals surface area contributed by atoms with Crippen molar-refractivity contribution in [1.82, 2.24) is 10.2 Å². The van der Waals surface area contributed by atoms with E-state index in [0.29, 0.717) is 16.5 Å². The van der Waals surface area contributed by atoms with Gasteiger partial charge in [0.05, 0.1) is 45.2 Å². The van der Waals surface area contributed by atoms with Crippen molar-refractivity contribution in [2.45, 2.75) is 0 Å². The van der Waals surface area contributed by atoms with E-state index in [4.69, 9.17) is 10.2 Å². The van der Waals surface area contributed by atoms with Crippen LogP contribution >= 0.6 is 7.14 Å². The summed E-state index contributed by atoms with van der Waals surface area (Å²) >= 11 is 0. The summed E-state index contributed by atoms with van der Waals surface area (Å²) in [7, 11) is 0.370. The van der Waals surface area contributed by atoms with Crippen molar-refractivity contribution in [3.8, 4) is 6.07 Å². The minimum Gasteiger partial charge on any atom is -0.378 e. The van der Waals surface area contributed by atoms with Crippen LogP contribution in [0.4, 0.5) is 39.8 Å². The standard InChI is InChI=1S/C45H29N6OP/c1-49(2)31-20-22-33(23-21-31)50-37-11-6-12-38-44(37)53(52,39-25-30-16-15-28-7-5-8-29-17-24-35(42(39)50)41(30)40(28)29)45-43(34-9-3-4-10-36(34)47-48-45)51(38)32-18-13-27(26-46)14-19-32/h3-25H,1-2H3. The smallest absolute Gasteiger partial charge is 0.198 e. The van der Waals surface area contributed by atoms with Crippen LogP contribution in [0.5, 0.6) is 0 Å². The first kappa shape index (κ1) is 29.9. The largest absolute Gasteiger partial charge is 0.378 e. The maximum Gasteiger partial charge on any atom is 0.198 e. The van der Waals surface area contributed by atoms with Gasteiger partial charge in [0.1, 0.15) is 0 Å². The first-order valence-electron chi connectivity index (χ1n) is 17.5. The van der Waals surface area contributed by atoms with E-state index in [2.05, 4.69) is 112 Å². The minimum atomic E-state index is -3.71. The van der Waals surface area contributed by atoms with Crippen LogP contribution in [0.2, 0.25) is 0 Å². The third-order valence-corrected chi connectivity index (χ3v) is 14.0. The number of benzene rings is 8. The van der Waals surface area contributed by atoms with Crippen LogP contribution in [0.1, 0.15) is 5.56 Å². The number of rotatable bonds is 3. The van der Waals surface area contributed by atoms with E-state index in [1.807, 2.05) is 62.6 Å². The lowest BCUT2D eigenvalue weighted by Crippen LogP contribution is -2.44. The van der Waals surface area contributed by atoms with E-state index in [1.54, 1.807) is 0 Å². The lowest BCUT2D eigenvalue weighted by atomic mass is 9.93. The fourth-order valence-corrected chi connectivity index (χ4v) is 11.8. The van der Waals surface area contributed by atoms with Gasteiger partial charge in [-0.05, 0) is 99.7 Å². The maximum absolute atomic E-state index is 16.9. The highest BCUT2D eigenvalue weighted by Crippen LogP contribution is 2.63. The van der Waals surface area contributed by atoms with Crippen molar-refractivity contribution in [2.24, 2.45) is 0 Å². The molecule has 8 aromatic carbocycles. The van der Waals surface area contributed by atoms with Gasteiger partial charge >= 0.3 is 0 Å². The molecule has 1 atom stereocenters. The molecule has 0 N–H and O–H groups in total. The summed E-state index contributed by atoms with van der Waals surface area (Å²) in [5, 5.41) is 28.4. The first-order valence-corrected chi connectivity index (χ1v) is 19.2. The third-order valence-electron chi connectivity index (χ3n) is 11.0. The normalized spacial score (nSPS) is 15.8. The second kappa shape index (κ2) is 10.6. The van der Waals surface area contributed by atoms with Crippen LogP contribution in [-0.4, -0.2) is 24.3 Å². The molecule has 250 valence electrons. The number of anilines is 7. The van der Waals surface area contributed by atoms with Crippen LogP contribution in [0.15, 0.2) is 140 Å². The second-order valence-corrected chi connectivity index (χ2v) is 16.6. The minimum absolute atomic E-state index is 0.456. The molecule has 0 bridgehead atoms. The summed E-state index contributed by atoms with van der Waals surface area (Å²) in [6, 6.07) is 49.8. The van der Waals surface area contributed by atoms with E-state index in [-0.39, 0.29) is 0 Å². The fourth-order valence-electron chi connectivity index (χ4n) is 8.62. The van der Waals surface area contributed by atoms with E-state index >= 15 is 4.57 Å². The average molecular weight is 701 g/mol. The van der Waals surface area contributed by atoms with Crippen molar-refractivity contribution in [3.63, 3.8) is 0 Å². The molecule has 11 rings (SSSR count). The molecule has 9 aromatic rings. The van der Waals surface area contributed by atoms with Crippen LogP contribution in [0.25, 0.3) is 43.2 Å². The molecule has 0 spiro atoms. The molecule has 1 aromatic heterocycles. The van der Waals surface area contributed by atoms with Gasteiger partial charge in [-0.1, -0.05) is 66.7 Å². The maximum atomic E-state index is 16.9. The number of nitriles is 1. The molecule has 0 amide bonds. The number of hydrogen-bond donors (Lipinski definition) is 0. The molecule has 8 heteroatoms. The van der Waals surface area contributed by atoms with Crippen molar-refractivity contribution >= 4 is 106 Å².